The molecule has 0 spiro atoms. The number of hydrogen-bond donors (Lipinski definition) is 3. The van der Waals surface area contributed by atoms with Crippen molar-refractivity contribution in [3.05, 3.63) is 45.0 Å². The van der Waals surface area contributed by atoms with Gasteiger partial charge in [-0.15, -0.1) is 0 Å². The summed E-state index contributed by atoms with van der Waals surface area (Å²) in [6, 6.07) is 0. The molecule has 0 aromatic heterocycles. The smallest absolute Gasteiger partial charge is 0.313 e. The van der Waals surface area contributed by atoms with E-state index >= 15 is 0 Å². The average molecular weight is 2100 g/mol. The first-order valence-electron chi connectivity index (χ1n) is 57.1. The van der Waals surface area contributed by atoms with Gasteiger partial charge in [-0.25, -0.2) is 0 Å². The molecule has 0 aromatic rings. The van der Waals surface area contributed by atoms with Crippen LogP contribution in [0.3, 0.4) is 0 Å². The molecular weight excluding hydrogens is 1900 g/mol. The number of carbonyl (C=O) groups is 4. The molecule has 0 aliphatic heterocycles. The molecule has 0 heterocycles. The number of halogens is 3. The van der Waals surface area contributed by atoms with Crippen molar-refractivity contribution in [2.45, 2.75) is 479 Å². The van der Waals surface area contributed by atoms with E-state index in [9.17, 15) is 34.5 Å². The highest BCUT2D eigenvalue weighted by Crippen LogP contribution is 2.85. The van der Waals surface area contributed by atoms with Crippen LogP contribution < -0.4 is 0 Å². The van der Waals surface area contributed by atoms with Gasteiger partial charge >= 0.3 is 23.9 Å². The van der Waals surface area contributed by atoms with Crippen molar-refractivity contribution in [3.63, 3.8) is 0 Å². The molecule has 13 unspecified atom stereocenters. The van der Waals surface area contributed by atoms with E-state index in [1.165, 1.54) is 99.1 Å². The first-order valence-corrected chi connectivity index (χ1v) is 59.6. The van der Waals surface area contributed by atoms with Crippen molar-refractivity contribution in [1.29, 1.82) is 0 Å². The van der Waals surface area contributed by atoms with E-state index in [1.54, 1.807) is 32.5 Å². The largest absolute Gasteiger partial charge is 0.481 e. The van der Waals surface area contributed by atoms with E-state index in [4.69, 9.17) is 14.2 Å². The standard InChI is InChI=1S/C32H49Br3O2.C32H52O2.C31H50O3.C30H48O3/c1-19-10-12-28(6)20(27(19,4)5)11-13-29(7)23(28)21(33)22(34)24-30(29,8)15-17-31(25(36)37-9)16-14-26(2,3)18-32(24,31)35;1-21-12-14-29(6)24(28(21,4)5)13-15-31(8)25(29)11-10-22-23-20-27(2,3)16-18-32(23,26(33)34-9)19-17-30(22,31)7;1-26(2)15-17-31(25(33)34-8)18-16-29(6)20(21(31)19-26)9-10-23-28(5)13-12-24(32)27(3,4)22(28)11-14-30(23,29)7;1-25(2)14-16-30(24(32)33)17-15-28(6)19(20(30)18-25)8-9-22-27(5)12-11-23(31)26(3,4)21(27)10-13-29(22,28)7/h19-21,23H,10-18H2,1-9H3;10,21,23-25H,11-20H2,1-9H3;9,21-24,32H,10-19H2,1-8H3;8,20-23,31H,9-18H2,1-7H3,(H,32,33)/t19-,20?,21?,23?,28-,29+,30+,31+,32?;21-,23?,24?,25?,29-,30+,31+,32-;21?,22?,23?,24-,28-,29+,30+,31-;20?,21?,22?,23-,27-,28+,29+,30-/m0000/s1. The van der Waals surface area contributed by atoms with Gasteiger partial charge in [-0.3, -0.25) is 19.2 Å². The number of aliphatic carboxylic acids is 1. The van der Waals surface area contributed by atoms with Crippen LogP contribution in [0.25, 0.3) is 0 Å². The molecule has 10 nitrogen and oxygen atoms in total. The van der Waals surface area contributed by atoms with Crippen molar-refractivity contribution in [1.82, 2.24) is 0 Å². The topological polar surface area (TPSA) is 157 Å². The normalized spacial score (nSPS) is 51.8. The number of fused-ring (bicyclic) bond motifs is 28. The lowest BCUT2D eigenvalue weighted by Crippen LogP contribution is -2.70. The Hall–Kier alpha value is -1.80. The van der Waals surface area contributed by atoms with Crippen LogP contribution >= 0.6 is 47.8 Å². The number of esters is 3. The van der Waals surface area contributed by atoms with Gasteiger partial charge in [0.15, 0.2) is 0 Å². The molecule has 0 amide bonds. The van der Waals surface area contributed by atoms with Gasteiger partial charge in [0.2, 0.25) is 0 Å². The fourth-order valence-electron chi connectivity index (χ4n) is 43.6. The third kappa shape index (κ3) is 14.5. The number of aliphatic hydroxyl groups excluding tert-OH is 2. The Morgan fingerprint density at radius 2 is 0.630 bits per heavy atom. The van der Waals surface area contributed by atoms with E-state index in [0.717, 1.165) is 197 Å². The van der Waals surface area contributed by atoms with E-state index in [0.29, 0.717) is 68.5 Å². The molecule has 0 aromatic carbocycles. The van der Waals surface area contributed by atoms with Crippen molar-refractivity contribution in [3.8, 4) is 0 Å². The number of hydrogen-bond acceptors (Lipinski definition) is 9. The lowest BCUT2D eigenvalue weighted by molar-refractivity contribution is -0.206. The molecule has 20 aliphatic rings. The average Bonchev–Trinajstić information content (AvgIpc) is 0.677. The van der Waals surface area contributed by atoms with E-state index in [1.807, 2.05) is 0 Å². The van der Waals surface area contributed by atoms with Crippen molar-refractivity contribution in [2.24, 2.45) is 207 Å². The molecular formula is C125H199Br3O10. The van der Waals surface area contributed by atoms with E-state index < -0.39 is 21.1 Å². The number of ether oxygens (including phenoxy) is 3. The first-order chi connectivity index (χ1) is 63.4. The molecule has 0 saturated heterocycles. The zero-order valence-electron chi connectivity index (χ0n) is 93.9. The number of alkyl halides is 2. The number of carboxylic acid groups (broad SMARTS) is 1. The Morgan fingerprint density at radius 1 is 0.333 bits per heavy atom. The summed E-state index contributed by atoms with van der Waals surface area (Å²) in [5, 5.41) is 32.3. The van der Waals surface area contributed by atoms with Crippen LogP contribution in [0.15, 0.2) is 45.0 Å². The third-order valence-corrected chi connectivity index (χ3v) is 57.7. The number of allylic oxidation sites excluding steroid dienone is 8. The van der Waals surface area contributed by atoms with Gasteiger partial charge in [0.05, 0.1) is 64.3 Å². The third-order valence-electron chi connectivity index (χ3n) is 53.8. The van der Waals surface area contributed by atoms with Gasteiger partial charge in [-0.1, -0.05) is 290 Å². The van der Waals surface area contributed by atoms with Gasteiger partial charge in [0, 0.05) is 4.48 Å². The lowest BCUT2D eigenvalue weighted by atomic mass is 9.33. The van der Waals surface area contributed by atoms with Gasteiger partial charge in [0.25, 0.3) is 0 Å². The predicted octanol–water partition coefficient (Wildman–Crippen LogP) is 33.4. The van der Waals surface area contributed by atoms with E-state index in [2.05, 4.69) is 274 Å². The number of rotatable bonds is 4. The first kappa shape index (κ1) is 107. The van der Waals surface area contributed by atoms with Crippen molar-refractivity contribution < 1.29 is 48.7 Å². The Bertz CT molecular complexity index is 4770. The lowest BCUT2D eigenvalue weighted by Gasteiger charge is -2.73. The Morgan fingerprint density at radius 3 is 1.00 bits per heavy atom. The number of carboxylic acids is 1. The summed E-state index contributed by atoms with van der Waals surface area (Å²) in [4.78, 5) is 53.4. The predicted molar refractivity (Wildman–Crippen MR) is 574 cm³/mol. The van der Waals surface area contributed by atoms with Crippen LogP contribution in [0.2, 0.25) is 0 Å². The van der Waals surface area contributed by atoms with Crippen LogP contribution in [-0.4, -0.2) is 81.9 Å². The van der Waals surface area contributed by atoms with Crippen LogP contribution in [0.1, 0.15) is 458 Å². The minimum atomic E-state index is -0.553. The Labute approximate surface area is 866 Å². The Balaban J connectivity index is 0.000000127. The van der Waals surface area contributed by atoms with Gasteiger partial charge in [-0.2, -0.15) is 0 Å². The van der Waals surface area contributed by atoms with E-state index in [-0.39, 0.29) is 133 Å². The molecule has 20 rings (SSSR count). The minimum absolute atomic E-state index is 0.0103. The zero-order chi connectivity index (χ0) is 102. The summed E-state index contributed by atoms with van der Waals surface area (Å²) in [6.45, 7) is 74.8. The maximum absolute atomic E-state index is 13.7. The highest BCUT2D eigenvalue weighted by molar-refractivity contribution is 9.14. The molecule has 0 radical (unpaired) electrons. The second-order valence-corrected chi connectivity index (χ2v) is 65.0. The number of carbonyl (C=O) groups excluding carboxylic acids is 3. The van der Waals surface area contributed by atoms with Crippen LogP contribution in [0.4, 0.5) is 0 Å². The molecule has 20 aliphatic carbocycles. The van der Waals surface area contributed by atoms with Gasteiger partial charge in [0.1, 0.15) is 0 Å². The minimum Gasteiger partial charge on any atom is -0.481 e. The molecule has 16 saturated carbocycles. The zero-order valence-corrected chi connectivity index (χ0v) is 98.6. The van der Waals surface area contributed by atoms with Crippen molar-refractivity contribution in [2.75, 3.05) is 21.3 Å². The Kier molecular flexibility index (Phi) is 26.4. The molecule has 780 valence electrons. The SMILES string of the molecule is CC1(C)CC[C@]2(C(=O)O)CC[C@]3(C)C(=CCC4[C@@]5(C)CC[C@H](O)C(C)(C)C5CC[C@]43C)C2C1.COC(=O)[C@]12CCC(C)(C)CC1(Br)C1=C(Br)C(Br)C3[C@@]4(C)CC[C@H](C)C(C)(C)C4CC[C@@]3(C)[C@]1(C)CC2.COC(=O)[C@]12CCC(C)(C)CC1C1=CCC3[C@@]4(C)CC[C@H](C)C(C)(C)C4CC[C@@]3(C)[C@]1(C)CC2.COC(=O)[C@]12CCC(C)(C)CC1C1=CCC3[C@@]4(C)CC[C@H](O)C(C)(C)C4CC[C@@]3(C)[C@]1(C)CC2. The summed E-state index contributed by atoms with van der Waals surface area (Å²) in [6.07, 6.45) is 50.9. The molecule has 33 atom stereocenters. The molecule has 0 bridgehead atoms. The molecule has 16 fully saturated rings. The quantitative estimate of drug-likeness (QED) is 0.107. The molecule has 13 heteroatoms. The van der Waals surface area contributed by atoms with Crippen molar-refractivity contribution >= 4 is 71.7 Å². The van der Waals surface area contributed by atoms with Gasteiger partial charge in [-0.05, 0) is 441 Å². The second-order valence-electron chi connectivity index (χ2n) is 61.8. The molecule has 138 heavy (non-hydrogen) atoms. The summed E-state index contributed by atoms with van der Waals surface area (Å²) in [5.74, 6) is 7.23. The number of aliphatic hydroxyl groups is 2. The summed E-state index contributed by atoms with van der Waals surface area (Å²) < 4.78 is 17.5. The summed E-state index contributed by atoms with van der Waals surface area (Å²) in [7, 11) is 4.79. The van der Waals surface area contributed by atoms with Crippen LogP contribution in [0, 0.1) is 207 Å². The summed E-state index contributed by atoms with van der Waals surface area (Å²) in [5.41, 5.74) is 8.82. The highest BCUT2D eigenvalue weighted by atomic mass is 79.9. The second kappa shape index (κ2) is 33.9. The maximum Gasteiger partial charge on any atom is 0.313 e. The summed E-state index contributed by atoms with van der Waals surface area (Å²) >= 11 is 13.1. The fraction of sp³-hybridized carbons (Fsp3) is 0.904. The van der Waals surface area contributed by atoms with Gasteiger partial charge < -0.3 is 29.5 Å². The molecule has 3 N–H and O–H groups in total. The highest BCUT2D eigenvalue weighted by Gasteiger charge is 2.79. The maximum atomic E-state index is 13.7. The monoisotopic (exact) mass is 2100 g/mol. The van der Waals surface area contributed by atoms with Crippen LogP contribution in [-0.2, 0) is 33.4 Å². The van der Waals surface area contributed by atoms with Crippen LogP contribution in [0.5, 0.6) is 0 Å². The fourth-order valence-corrected chi connectivity index (χ4v) is 48.3. The number of methoxy groups -OCH3 is 3.